The van der Waals surface area contributed by atoms with Crippen LogP contribution in [-0.4, -0.2) is 74.3 Å². The van der Waals surface area contributed by atoms with E-state index in [9.17, 15) is 19.0 Å². The van der Waals surface area contributed by atoms with Crippen LogP contribution in [0, 0.1) is 0 Å². The molecule has 0 spiro atoms. The molecule has 494 valence electrons. The summed E-state index contributed by atoms with van der Waals surface area (Å²) < 4.78 is 30.8. The molecule has 0 fully saturated rings. The van der Waals surface area contributed by atoms with Crippen molar-refractivity contribution in [1.29, 1.82) is 0 Å². The maximum Gasteiger partial charge on any atom is 0.472 e. The number of phosphoric ester groups is 1. The number of unbranched alkanes of at least 4 members (excludes halogenated alkanes) is 37. The third kappa shape index (κ3) is 65.5. The Morgan fingerprint density at radius 1 is 0.424 bits per heavy atom. The van der Waals surface area contributed by atoms with Crippen molar-refractivity contribution in [3.63, 3.8) is 0 Å². The lowest BCUT2D eigenvalue weighted by Crippen LogP contribution is -2.47. The molecule has 0 aromatic rings. The number of carbonyl (C=O) groups excluding carboxylic acids is 2. The van der Waals surface area contributed by atoms with Crippen molar-refractivity contribution in [2.75, 3.05) is 40.9 Å². The minimum absolute atomic E-state index is 0.0369. The van der Waals surface area contributed by atoms with Crippen molar-refractivity contribution in [1.82, 2.24) is 5.32 Å². The monoisotopic (exact) mass is 1210 g/mol. The Balaban J connectivity index is 5.02. The van der Waals surface area contributed by atoms with Crippen LogP contribution in [0.15, 0.2) is 85.1 Å². The van der Waals surface area contributed by atoms with Crippen LogP contribution in [0.3, 0.4) is 0 Å². The van der Waals surface area contributed by atoms with Gasteiger partial charge in [-0.05, 0) is 102 Å². The summed E-state index contributed by atoms with van der Waals surface area (Å²) in [5, 5.41) is 3.07. The number of carbonyl (C=O) groups is 2. The van der Waals surface area contributed by atoms with E-state index in [1.54, 1.807) is 0 Å². The zero-order valence-electron chi connectivity index (χ0n) is 56.6. The maximum absolute atomic E-state index is 13.6. The normalized spacial score (nSPS) is 14.0. The highest BCUT2D eigenvalue weighted by Gasteiger charge is 2.30. The van der Waals surface area contributed by atoms with Gasteiger partial charge in [-0.2, -0.15) is 0 Å². The van der Waals surface area contributed by atoms with Crippen molar-refractivity contribution in [3.05, 3.63) is 85.1 Å². The molecule has 0 aromatic carbocycles. The van der Waals surface area contributed by atoms with Gasteiger partial charge in [0.15, 0.2) is 0 Å². The number of ether oxygens (including phenoxy) is 1. The smallest absolute Gasteiger partial charge is 0.456 e. The third-order valence-electron chi connectivity index (χ3n) is 15.8. The summed E-state index contributed by atoms with van der Waals surface area (Å²) in [6.45, 7) is 6.92. The first kappa shape index (κ1) is 82.2. The van der Waals surface area contributed by atoms with Crippen LogP contribution in [0.25, 0.3) is 0 Å². The zero-order chi connectivity index (χ0) is 62.1. The number of phosphoric acid groups is 1. The van der Waals surface area contributed by atoms with Gasteiger partial charge in [-0.15, -0.1) is 0 Å². The Labute approximate surface area is 526 Å². The number of amides is 1. The average molecular weight is 1210 g/mol. The second kappa shape index (κ2) is 64.2. The van der Waals surface area contributed by atoms with Crippen molar-refractivity contribution in [3.8, 4) is 0 Å². The van der Waals surface area contributed by atoms with E-state index in [0.29, 0.717) is 17.4 Å². The SMILES string of the molecule is CC/C=C\C/C=C\C/C=C\C/C=C\C/C=C\CCCCCCCCCCCC(=O)NC(COP(=O)(O)OCC[N+](C)(C)C)C(/C=C/CCCCCCCCCCC)OC(=O)CCCCCCCCCCCCCCC/C=C/CCCCCCCC. The van der Waals surface area contributed by atoms with E-state index >= 15 is 0 Å². The van der Waals surface area contributed by atoms with E-state index in [4.69, 9.17) is 13.8 Å². The van der Waals surface area contributed by atoms with E-state index < -0.39 is 20.0 Å². The second-order valence-corrected chi connectivity index (χ2v) is 26.8. The number of quaternary nitrogens is 1. The first-order chi connectivity index (χ1) is 41.4. The highest BCUT2D eigenvalue weighted by molar-refractivity contribution is 7.47. The Kier molecular flexibility index (Phi) is 62.1. The quantitative estimate of drug-likeness (QED) is 0.0205. The standard InChI is InChI=1S/C75H137N2O7P/c1-7-10-13-16-19-22-25-27-29-31-33-35-37-38-40-41-43-45-47-49-52-55-58-61-64-67-74(78)76-72(71-83-85(80,81)82-70-69-77(4,5)6)73(66-63-60-57-54-51-24-21-18-15-12-9-3)84-75(79)68-65-62-59-56-53-50-48-46-44-42-39-36-34-32-30-28-26-23-20-17-14-11-8-2/h10,13,19,22,27-30,33,35,38,40,63,66,72-73H,7-9,11-12,14-18,20-21,23-26,31-32,34,36-37,39,41-62,64-65,67-71H2,1-6H3,(H-,76,78,80,81)/p+1/b13-10-,22-19-,29-27-,30-28+,35-33-,40-38-,66-63+. The number of allylic oxidation sites excluding steroid dienone is 13. The van der Waals surface area contributed by atoms with Gasteiger partial charge in [0.25, 0.3) is 0 Å². The molecule has 0 aliphatic carbocycles. The molecule has 10 heteroatoms. The Hall–Kier alpha value is -2.81. The molecular weight excluding hydrogens is 1070 g/mol. The van der Waals surface area contributed by atoms with Gasteiger partial charge in [-0.1, -0.05) is 299 Å². The number of hydrogen-bond donors (Lipinski definition) is 2. The number of esters is 1. The van der Waals surface area contributed by atoms with Gasteiger partial charge in [0.1, 0.15) is 19.3 Å². The van der Waals surface area contributed by atoms with Crippen LogP contribution in [0.4, 0.5) is 0 Å². The Morgan fingerprint density at radius 3 is 1.14 bits per heavy atom. The van der Waals surface area contributed by atoms with Gasteiger partial charge in [-0.3, -0.25) is 18.6 Å². The molecule has 0 heterocycles. The average Bonchev–Trinajstić information content (AvgIpc) is 3.64. The molecule has 0 saturated carbocycles. The summed E-state index contributed by atoms with van der Waals surface area (Å²) in [6, 6.07) is -0.856. The van der Waals surface area contributed by atoms with Gasteiger partial charge in [0, 0.05) is 12.8 Å². The van der Waals surface area contributed by atoms with Gasteiger partial charge in [0.2, 0.25) is 5.91 Å². The molecule has 3 atom stereocenters. The molecule has 1 amide bonds. The van der Waals surface area contributed by atoms with Gasteiger partial charge in [0.05, 0.1) is 33.8 Å². The largest absolute Gasteiger partial charge is 0.472 e. The number of hydrogen-bond acceptors (Lipinski definition) is 6. The minimum atomic E-state index is -4.46. The number of rotatable bonds is 65. The second-order valence-electron chi connectivity index (χ2n) is 25.4. The summed E-state index contributed by atoms with van der Waals surface area (Å²) in [7, 11) is 1.49. The predicted octanol–water partition coefficient (Wildman–Crippen LogP) is 22.9. The molecule has 0 aliphatic rings. The lowest BCUT2D eigenvalue weighted by atomic mass is 10.0. The molecule has 85 heavy (non-hydrogen) atoms. The zero-order valence-corrected chi connectivity index (χ0v) is 57.5. The van der Waals surface area contributed by atoms with Crippen molar-refractivity contribution >= 4 is 19.7 Å². The Morgan fingerprint density at radius 2 is 0.753 bits per heavy atom. The maximum atomic E-state index is 13.6. The molecule has 9 nitrogen and oxygen atoms in total. The van der Waals surface area contributed by atoms with Gasteiger partial charge in [-0.25, -0.2) is 4.57 Å². The number of nitrogens with one attached hydrogen (secondary N) is 1. The lowest BCUT2D eigenvalue weighted by Gasteiger charge is -2.27. The predicted molar refractivity (Wildman–Crippen MR) is 369 cm³/mol. The van der Waals surface area contributed by atoms with E-state index in [1.807, 2.05) is 33.3 Å². The molecule has 2 N–H and O–H groups in total. The van der Waals surface area contributed by atoms with Crippen LogP contribution in [-0.2, 0) is 27.9 Å². The fourth-order valence-electron chi connectivity index (χ4n) is 10.3. The van der Waals surface area contributed by atoms with Crippen molar-refractivity contribution < 1.29 is 37.3 Å². The van der Waals surface area contributed by atoms with Crippen molar-refractivity contribution in [2.45, 2.75) is 341 Å². The topological polar surface area (TPSA) is 111 Å². The summed E-state index contributed by atoms with van der Waals surface area (Å²) in [4.78, 5) is 37.9. The number of nitrogens with zero attached hydrogens (tertiary/aromatic N) is 1. The third-order valence-corrected chi connectivity index (χ3v) is 16.8. The van der Waals surface area contributed by atoms with Crippen LogP contribution >= 0.6 is 7.82 Å². The fraction of sp³-hybridized carbons (Fsp3) is 0.787. The van der Waals surface area contributed by atoms with E-state index in [1.165, 1.54) is 193 Å². The fourth-order valence-corrected chi connectivity index (χ4v) is 11.1. The molecule has 0 bridgehead atoms. The molecule has 0 rings (SSSR count). The van der Waals surface area contributed by atoms with Gasteiger partial charge < -0.3 is 19.4 Å². The summed E-state index contributed by atoms with van der Waals surface area (Å²) in [5.74, 6) is -0.505. The van der Waals surface area contributed by atoms with Crippen LogP contribution in [0.5, 0.6) is 0 Å². The highest BCUT2D eigenvalue weighted by atomic mass is 31.2. The molecular formula is C75H138N2O7P+. The molecule has 3 unspecified atom stereocenters. The van der Waals surface area contributed by atoms with Crippen LogP contribution in [0.1, 0.15) is 329 Å². The van der Waals surface area contributed by atoms with E-state index in [0.717, 1.165) is 103 Å². The first-order valence-electron chi connectivity index (χ1n) is 35.9. The number of likely N-dealkylation sites (N-methyl/N-ethyl adjacent to an activating group) is 1. The molecule has 0 aromatic heterocycles. The molecule has 0 radical (unpaired) electrons. The van der Waals surface area contributed by atoms with Crippen LogP contribution < -0.4 is 5.32 Å². The lowest BCUT2D eigenvalue weighted by molar-refractivity contribution is -0.870. The molecule has 0 aliphatic heterocycles. The van der Waals surface area contributed by atoms with Crippen LogP contribution in [0.2, 0.25) is 0 Å². The van der Waals surface area contributed by atoms with Gasteiger partial charge >= 0.3 is 13.8 Å². The van der Waals surface area contributed by atoms with E-state index in [2.05, 4.69) is 99.0 Å². The van der Waals surface area contributed by atoms with E-state index in [-0.39, 0.29) is 31.5 Å². The first-order valence-corrected chi connectivity index (χ1v) is 37.4. The van der Waals surface area contributed by atoms with Crippen molar-refractivity contribution in [2.24, 2.45) is 0 Å². The minimum Gasteiger partial charge on any atom is -0.456 e. The summed E-state index contributed by atoms with van der Waals surface area (Å²) in [5.41, 5.74) is 0. The molecule has 0 saturated heterocycles. The Bertz CT molecular complexity index is 1730. The summed E-state index contributed by atoms with van der Waals surface area (Å²) >= 11 is 0. The summed E-state index contributed by atoms with van der Waals surface area (Å²) in [6.07, 6.45) is 86.0. The highest BCUT2D eigenvalue weighted by Crippen LogP contribution is 2.43.